The summed E-state index contributed by atoms with van der Waals surface area (Å²) in [6, 6.07) is 6.77. The summed E-state index contributed by atoms with van der Waals surface area (Å²) in [5.41, 5.74) is 4.26. The molecule has 2 heterocycles. The summed E-state index contributed by atoms with van der Waals surface area (Å²) < 4.78 is 14.5. The zero-order chi connectivity index (χ0) is 24.6. The summed E-state index contributed by atoms with van der Waals surface area (Å²) in [4.78, 5) is 34.2. The molecule has 1 aliphatic carbocycles. The predicted molar refractivity (Wildman–Crippen MR) is 131 cm³/mol. The normalized spacial score (nSPS) is 20.8. The van der Waals surface area contributed by atoms with Gasteiger partial charge < -0.3 is 4.90 Å². The summed E-state index contributed by atoms with van der Waals surface area (Å²) in [5.74, 6) is 0.0741. The van der Waals surface area contributed by atoms with Gasteiger partial charge in [0.25, 0.3) is 0 Å². The van der Waals surface area contributed by atoms with Gasteiger partial charge in [0, 0.05) is 62.0 Å². The first-order valence-corrected chi connectivity index (χ1v) is 12.3. The van der Waals surface area contributed by atoms with Crippen molar-refractivity contribution in [1.82, 2.24) is 14.8 Å². The average Bonchev–Trinajstić information content (AvgIpc) is 2.75. The number of carbonyl (C=O) groups excluding carboxylic acids is 2. The lowest BCUT2D eigenvalue weighted by Gasteiger charge is -2.47. The van der Waals surface area contributed by atoms with Gasteiger partial charge in [-0.25, -0.2) is 4.39 Å². The number of Topliss-reactive ketones (excluding diaryl/α,β-unsaturated/α-hetero) is 1. The Labute approximate surface area is 202 Å². The Bertz CT molecular complexity index is 1070. The summed E-state index contributed by atoms with van der Waals surface area (Å²) >= 11 is 0. The number of hydrogen-bond donors (Lipinski definition) is 0. The number of ketones is 1. The number of carbonyl (C=O) groups is 2. The third-order valence-corrected chi connectivity index (χ3v) is 7.51. The molecule has 1 amide bonds. The second-order valence-corrected chi connectivity index (χ2v) is 11.0. The number of hydrogen-bond acceptors (Lipinski definition) is 4. The van der Waals surface area contributed by atoms with Crippen LogP contribution < -0.4 is 0 Å². The van der Waals surface area contributed by atoms with Crippen molar-refractivity contribution in [3.8, 4) is 0 Å². The molecule has 2 aromatic rings. The number of benzene rings is 1. The van der Waals surface area contributed by atoms with Crippen LogP contribution in [0.15, 0.2) is 30.5 Å². The van der Waals surface area contributed by atoms with Crippen LogP contribution in [0.5, 0.6) is 0 Å². The minimum absolute atomic E-state index is 0.0629. The molecule has 1 saturated carbocycles. The molecule has 182 valence electrons. The first kappa shape index (κ1) is 24.5. The maximum absolute atomic E-state index is 14.5. The molecule has 0 spiro atoms. The van der Waals surface area contributed by atoms with Gasteiger partial charge in [0.1, 0.15) is 5.82 Å². The summed E-state index contributed by atoms with van der Waals surface area (Å²) in [5, 5.41) is 0. The van der Waals surface area contributed by atoms with Crippen LogP contribution in [0.3, 0.4) is 0 Å². The van der Waals surface area contributed by atoms with Crippen molar-refractivity contribution in [2.45, 2.75) is 66.5 Å². The Kier molecular flexibility index (Phi) is 6.90. The molecule has 0 bridgehead atoms. The summed E-state index contributed by atoms with van der Waals surface area (Å²) in [6.45, 7) is 13.2. The third-order valence-electron chi connectivity index (χ3n) is 7.51. The van der Waals surface area contributed by atoms with Crippen LogP contribution in [-0.2, 0) is 17.8 Å². The molecule has 1 aromatic heterocycles. The average molecular weight is 466 g/mol. The Morgan fingerprint density at radius 2 is 1.82 bits per heavy atom. The molecule has 0 unspecified atom stereocenters. The Morgan fingerprint density at radius 3 is 2.44 bits per heavy atom. The molecule has 1 atom stereocenters. The fraction of sp³-hybridized carbons (Fsp3) is 0.536. The van der Waals surface area contributed by atoms with E-state index in [4.69, 9.17) is 0 Å². The standard InChI is InChI=1S/C28H36FN3O2/c1-18-6-7-21(15-30-18)26(33)12-22-10-25(29)11-23(20(22)3)17-31-8-9-32(19(2)16-31)27(34)24-13-28(4,5)14-24/h6-7,10-11,15,19,24H,8-9,12-14,16-17H2,1-5H3/t19-/m0/s1. The van der Waals surface area contributed by atoms with Crippen molar-refractivity contribution >= 4 is 11.7 Å². The second kappa shape index (κ2) is 9.57. The van der Waals surface area contributed by atoms with Gasteiger partial charge in [-0.05, 0) is 80.0 Å². The lowest BCUT2D eigenvalue weighted by atomic mass is 9.64. The van der Waals surface area contributed by atoms with Gasteiger partial charge in [0.05, 0.1) is 0 Å². The SMILES string of the molecule is Cc1ccc(C(=O)Cc2cc(F)cc(CN3CCN(C(=O)C4CC(C)(C)C4)[C@@H](C)C3)c2C)cn1. The quantitative estimate of drug-likeness (QED) is 0.579. The van der Waals surface area contributed by atoms with E-state index in [1.165, 1.54) is 6.07 Å². The van der Waals surface area contributed by atoms with Crippen molar-refractivity contribution in [3.63, 3.8) is 0 Å². The fourth-order valence-electron chi connectivity index (χ4n) is 5.48. The number of amides is 1. The second-order valence-electron chi connectivity index (χ2n) is 11.0. The number of aryl methyl sites for hydroxylation is 1. The molecule has 1 saturated heterocycles. The summed E-state index contributed by atoms with van der Waals surface area (Å²) in [7, 11) is 0. The van der Waals surface area contributed by atoms with Crippen LogP contribution in [0.2, 0.25) is 0 Å². The summed E-state index contributed by atoms with van der Waals surface area (Å²) in [6.07, 6.45) is 3.68. The van der Waals surface area contributed by atoms with Gasteiger partial charge in [0.15, 0.2) is 5.78 Å². The minimum atomic E-state index is -0.320. The van der Waals surface area contributed by atoms with Crippen LogP contribution >= 0.6 is 0 Å². The van der Waals surface area contributed by atoms with Crippen molar-refractivity contribution < 1.29 is 14.0 Å². The zero-order valence-electron chi connectivity index (χ0n) is 21.0. The minimum Gasteiger partial charge on any atom is -0.337 e. The van der Waals surface area contributed by atoms with Gasteiger partial charge in [-0.3, -0.25) is 19.5 Å². The highest BCUT2D eigenvalue weighted by Crippen LogP contribution is 2.45. The predicted octanol–water partition coefficient (Wildman–Crippen LogP) is 4.73. The van der Waals surface area contributed by atoms with Gasteiger partial charge >= 0.3 is 0 Å². The molecule has 1 aromatic carbocycles. The lowest BCUT2D eigenvalue weighted by molar-refractivity contribution is -0.147. The molecule has 0 N–H and O–H groups in total. The van der Waals surface area contributed by atoms with Gasteiger partial charge in [-0.2, -0.15) is 0 Å². The zero-order valence-corrected chi connectivity index (χ0v) is 21.0. The van der Waals surface area contributed by atoms with E-state index < -0.39 is 0 Å². The van der Waals surface area contributed by atoms with E-state index in [1.807, 2.05) is 24.8 Å². The van der Waals surface area contributed by atoms with Gasteiger partial charge in [0.2, 0.25) is 5.91 Å². The van der Waals surface area contributed by atoms with Crippen LogP contribution in [0.4, 0.5) is 4.39 Å². The number of pyridine rings is 1. The van der Waals surface area contributed by atoms with Crippen molar-refractivity contribution in [2.24, 2.45) is 11.3 Å². The number of aromatic nitrogens is 1. The van der Waals surface area contributed by atoms with E-state index in [0.29, 0.717) is 24.6 Å². The van der Waals surface area contributed by atoms with Gasteiger partial charge in [-0.15, -0.1) is 0 Å². The Morgan fingerprint density at radius 1 is 1.12 bits per heavy atom. The van der Waals surface area contributed by atoms with Crippen LogP contribution in [0.1, 0.15) is 66.4 Å². The van der Waals surface area contributed by atoms with E-state index in [1.54, 1.807) is 18.3 Å². The number of rotatable bonds is 6. The number of nitrogens with zero attached hydrogens (tertiary/aromatic N) is 3. The molecule has 34 heavy (non-hydrogen) atoms. The largest absolute Gasteiger partial charge is 0.337 e. The van der Waals surface area contributed by atoms with E-state index >= 15 is 0 Å². The lowest BCUT2D eigenvalue weighted by Crippen LogP contribution is -2.56. The molecule has 4 rings (SSSR count). The van der Waals surface area contributed by atoms with Crippen molar-refractivity contribution in [1.29, 1.82) is 0 Å². The first-order valence-electron chi connectivity index (χ1n) is 12.3. The molecular formula is C28H36FN3O2. The van der Waals surface area contributed by atoms with Crippen molar-refractivity contribution in [3.05, 3.63) is 64.2 Å². The Balaban J connectivity index is 1.40. The molecular weight excluding hydrogens is 429 g/mol. The molecule has 2 aliphatic rings. The number of halogens is 1. The topological polar surface area (TPSA) is 53.5 Å². The smallest absolute Gasteiger partial charge is 0.226 e. The van der Waals surface area contributed by atoms with Crippen LogP contribution in [0, 0.1) is 31.0 Å². The monoisotopic (exact) mass is 465 g/mol. The molecule has 0 radical (unpaired) electrons. The molecule has 6 heteroatoms. The van der Waals surface area contributed by atoms with E-state index in [2.05, 4.69) is 30.7 Å². The van der Waals surface area contributed by atoms with E-state index in [0.717, 1.165) is 48.3 Å². The highest BCUT2D eigenvalue weighted by Gasteiger charge is 2.43. The van der Waals surface area contributed by atoms with Crippen LogP contribution in [-0.4, -0.2) is 52.2 Å². The van der Waals surface area contributed by atoms with Gasteiger partial charge in [-0.1, -0.05) is 13.8 Å². The molecule has 2 fully saturated rings. The number of piperazine rings is 1. The maximum Gasteiger partial charge on any atom is 0.226 e. The highest BCUT2D eigenvalue weighted by atomic mass is 19.1. The third kappa shape index (κ3) is 5.38. The van der Waals surface area contributed by atoms with Crippen LogP contribution in [0.25, 0.3) is 0 Å². The molecule has 5 nitrogen and oxygen atoms in total. The first-order chi connectivity index (χ1) is 16.0. The van der Waals surface area contributed by atoms with Crippen molar-refractivity contribution in [2.75, 3.05) is 19.6 Å². The fourth-order valence-corrected chi connectivity index (χ4v) is 5.48. The maximum atomic E-state index is 14.5. The Hall–Kier alpha value is -2.60. The molecule has 1 aliphatic heterocycles. The van der Waals surface area contributed by atoms with E-state index in [-0.39, 0.29) is 35.4 Å². The highest BCUT2D eigenvalue weighted by molar-refractivity contribution is 5.97. The van der Waals surface area contributed by atoms with E-state index in [9.17, 15) is 14.0 Å².